The summed E-state index contributed by atoms with van der Waals surface area (Å²) in [7, 11) is -2.41. The minimum absolute atomic E-state index is 0.0556. The molecule has 0 atom stereocenters. The van der Waals surface area contributed by atoms with Gasteiger partial charge in [-0.05, 0) is 23.8 Å². The maximum absolute atomic E-state index is 12.5. The second-order valence-corrected chi connectivity index (χ2v) is 7.98. The Kier molecular flexibility index (Phi) is 9.13. The first-order valence-corrected chi connectivity index (χ1v) is 10.7. The number of hydrogen-bond donors (Lipinski definition) is 3. The van der Waals surface area contributed by atoms with E-state index in [1.54, 1.807) is 24.3 Å². The molecule has 3 N–H and O–H groups in total. The molecule has 0 fully saturated rings. The van der Waals surface area contributed by atoms with Crippen molar-refractivity contribution in [3.63, 3.8) is 0 Å². The van der Waals surface area contributed by atoms with Crippen molar-refractivity contribution in [3.05, 3.63) is 65.7 Å². The number of carbonyl (C=O) groups is 3. The molecule has 3 amide bonds. The quantitative estimate of drug-likeness (QED) is 0.360. The third-order valence-electron chi connectivity index (χ3n) is 3.87. The molecule has 0 saturated heterocycles. The van der Waals surface area contributed by atoms with Gasteiger partial charge < -0.3 is 14.8 Å². The monoisotopic (exact) mass is 449 g/mol. The van der Waals surface area contributed by atoms with E-state index in [4.69, 9.17) is 9.47 Å². The number of amides is 3. The maximum atomic E-state index is 12.5. The summed E-state index contributed by atoms with van der Waals surface area (Å²) >= 11 is 0. The van der Waals surface area contributed by atoms with Crippen molar-refractivity contribution >= 4 is 27.9 Å². The van der Waals surface area contributed by atoms with Crippen molar-refractivity contribution < 1.29 is 32.3 Å². The van der Waals surface area contributed by atoms with Crippen LogP contribution >= 0.6 is 0 Å². The first-order valence-electron chi connectivity index (χ1n) is 9.19. The number of nitrogens with one attached hydrogen (secondary N) is 3. The standard InChI is InChI=1S/C20H23N3O7S/c1-29-11-10-21-20(26)23-18(24)14-30-19(25)16-8-5-9-17(12-16)31(27,28)22-13-15-6-3-2-4-7-15/h2-9,12,22H,10-11,13-14H2,1H3,(H2,21,23,24,26). The molecule has 2 rings (SSSR count). The SMILES string of the molecule is COCCNC(=O)NC(=O)COC(=O)c1cccc(S(=O)(=O)NCc2ccccc2)c1. The molecule has 10 nitrogen and oxygen atoms in total. The summed E-state index contributed by atoms with van der Waals surface area (Å²) in [6.45, 7) is -0.144. The van der Waals surface area contributed by atoms with Gasteiger partial charge in [-0.2, -0.15) is 0 Å². The number of carbonyl (C=O) groups excluding carboxylic acids is 3. The van der Waals surface area contributed by atoms with Crippen LogP contribution < -0.4 is 15.4 Å². The predicted molar refractivity (Wildman–Crippen MR) is 111 cm³/mol. The molecule has 2 aromatic carbocycles. The molecule has 0 heterocycles. The average Bonchev–Trinajstić information content (AvgIpc) is 2.77. The van der Waals surface area contributed by atoms with E-state index in [0.29, 0.717) is 0 Å². The lowest BCUT2D eigenvalue weighted by Crippen LogP contribution is -2.42. The van der Waals surface area contributed by atoms with Crippen LogP contribution in [0.15, 0.2) is 59.5 Å². The van der Waals surface area contributed by atoms with E-state index in [9.17, 15) is 22.8 Å². The average molecular weight is 449 g/mol. The molecule has 0 aromatic heterocycles. The third kappa shape index (κ3) is 8.16. The summed E-state index contributed by atoms with van der Waals surface area (Å²) in [6, 6.07) is 13.4. The fraction of sp³-hybridized carbons (Fsp3) is 0.250. The molecule has 0 radical (unpaired) electrons. The molecule has 0 aliphatic heterocycles. The summed E-state index contributed by atoms with van der Waals surface area (Å²) in [5.41, 5.74) is 0.721. The van der Waals surface area contributed by atoms with Gasteiger partial charge in [0.15, 0.2) is 6.61 Å². The zero-order valence-corrected chi connectivity index (χ0v) is 17.6. The Morgan fingerprint density at radius 2 is 1.74 bits per heavy atom. The van der Waals surface area contributed by atoms with Crippen LogP contribution in [-0.4, -0.2) is 53.2 Å². The van der Waals surface area contributed by atoms with Gasteiger partial charge in [0, 0.05) is 20.2 Å². The number of methoxy groups -OCH3 is 1. The van der Waals surface area contributed by atoms with Gasteiger partial charge in [0.05, 0.1) is 17.1 Å². The second-order valence-electron chi connectivity index (χ2n) is 6.21. The fourth-order valence-electron chi connectivity index (χ4n) is 2.34. The first kappa shape index (κ1) is 24.0. The van der Waals surface area contributed by atoms with Crippen molar-refractivity contribution in [2.24, 2.45) is 0 Å². The Balaban J connectivity index is 1.90. The van der Waals surface area contributed by atoms with E-state index in [0.717, 1.165) is 11.6 Å². The summed E-state index contributed by atoms with van der Waals surface area (Å²) in [6.07, 6.45) is 0. The Morgan fingerprint density at radius 3 is 2.45 bits per heavy atom. The number of hydrogen-bond acceptors (Lipinski definition) is 7. The zero-order valence-electron chi connectivity index (χ0n) is 16.8. The van der Waals surface area contributed by atoms with Gasteiger partial charge in [-0.3, -0.25) is 10.1 Å². The van der Waals surface area contributed by atoms with Gasteiger partial charge >= 0.3 is 12.0 Å². The molecule has 31 heavy (non-hydrogen) atoms. The van der Waals surface area contributed by atoms with Crippen LogP contribution in [0.25, 0.3) is 0 Å². The predicted octanol–water partition coefficient (Wildman–Crippen LogP) is 0.794. The topological polar surface area (TPSA) is 140 Å². The maximum Gasteiger partial charge on any atom is 0.338 e. The highest BCUT2D eigenvalue weighted by Crippen LogP contribution is 2.13. The molecule has 11 heteroatoms. The summed E-state index contributed by atoms with van der Waals surface area (Å²) in [5.74, 6) is -1.74. The summed E-state index contributed by atoms with van der Waals surface area (Å²) < 4.78 is 37.0. The van der Waals surface area contributed by atoms with Gasteiger partial charge in [-0.25, -0.2) is 22.7 Å². The lowest BCUT2D eigenvalue weighted by Gasteiger charge is -2.09. The van der Waals surface area contributed by atoms with Crippen LogP contribution in [0.4, 0.5) is 4.79 Å². The highest BCUT2D eigenvalue weighted by Gasteiger charge is 2.18. The Labute approximate surface area is 180 Å². The highest BCUT2D eigenvalue weighted by atomic mass is 32.2. The Bertz CT molecular complexity index is 1010. The van der Waals surface area contributed by atoms with Crippen LogP contribution in [-0.2, 0) is 30.8 Å². The zero-order chi connectivity index (χ0) is 22.7. The number of imide groups is 1. The highest BCUT2D eigenvalue weighted by molar-refractivity contribution is 7.89. The van der Waals surface area contributed by atoms with E-state index < -0.39 is 34.5 Å². The van der Waals surface area contributed by atoms with E-state index in [1.165, 1.54) is 25.3 Å². The minimum atomic E-state index is -3.87. The number of sulfonamides is 1. The molecular weight excluding hydrogens is 426 g/mol. The van der Waals surface area contributed by atoms with Gasteiger partial charge in [0.2, 0.25) is 10.0 Å². The van der Waals surface area contributed by atoms with E-state index >= 15 is 0 Å². The van der Waals surface area contributed by atoms with Crippen molar-refractivity contribution in [1.82, 2.24) is 15.4 Å². The molecule has 0 unspecified atom stereocenters. The van der Waals surface area contributed by atoms with Gasteiger partial charge in [-0.15, -0.1) is 0 Å². The number of benzene rings is 2. The Morgan fingerprint density at radius 1 is 1.00 bits per heavy atom. The smallest absolute Gasteiger partial charge is 0.338 e. The van der Waals surface area contributed by atoms with E-state index in [-0.39, 0.29) is 30.2 Å². The van der Waals surface area contributed by atoms with Gasteiger partial charge in [0.1, 0.15) is 0 Å². The molecule has 0 saturated carbocycles. The fourth-order valence-corrected chi connectivity index (χ4v) is 3.40. The number of rotatable bonds is 10. The minimum Gasteiger partial charge on any atom is -0.452 e. The third-order valence-corrected chi connectivity index (χ3v) is 5.27. The molecule has 0 aliphatic rings. The van der Waals surface area contributed by atoms with Gasteiger partial charge in [-0.1, -0.05) is 36.4 Å². The summed E-state index contributed by atoms with van der Waals surface area (Å²) in [5, 5.41) is 4.36. The molecule has 166 valence electrons. The number of ether oxygens (including phenoxy) is 2. The largest absolute Gasteiger partial charge is 0.452 e. The van der Waals surface area contributed by atoms with Crippen molar-refractivity contribution in [1.29, 1.82) is 0 Å². The molecule has 2 aromatic rings. The van der Waals surface area contributed by atoms with Crippen LogP contribution in [0.3, 0.4) is 0 Å². The van der Waals surface area contributed by atoms with Crippen LogP contribution in [0, 0.1) is 0 Å². The number of urea groups is 1. The molecule has 0 spiro atoms. The molecule has 0 aliphatic carbocycles. The van der Waals surface area contributed by atoms with E-state index in [2.05, 4.69) is 10.0 Å². The normalized spacial score (nSPS) is 10.9. The van der Waals surface area contributed by atoms with Crippen molar-refractivity contribution in [2.45, 2.75) is 11.4 Å². The summed E-state index contributed by atoms with van der Waals surface area (Å²) in [4.78, 5) is 35.2. The first-order chi connectivity index (χ1) is 14.8. The number of esters is 1. The lowest BCUT2D eigenvalue weighted by molar-refractivity contribution is -0.123. The van der Waals surface area contributed by atoms with Crippen molar-refractivity contribution in [2.75, 3.05) is 26.9 Å². The van der Waals surface area contributed by atoms with Crippen molar-refractivity contribution in [3.8, 4) is 0 Å². The molecule has 0 bridgehead atoms. The van der Waals surface area contributed by atoms with E-state index in [1.807, 2.05) is 11.4 Å². The van der Waals surface area contributed by atoms with Gasteiger partial charge in [0.25, 0.3) is 5.91 Å². The second kappa shape index (κ2) is 11.8. The lowest BCUT2D eigenvalue weighted by atomic mass is 10.2. The van der Waals surface area contributed by atoms with Crippen LogP contribution in [0.1, 0.15) is 15.9 Å². The van der Waals surface area contributed by atoms with Crippen LogP contribution in [0.2, 0.25) is 0 Å². The van der Waals surface area contributed by atoms with Crippen LogP contribution in [0.5, 0.6) is 0 Å². The molecular formula is C20H23N3O7S. The Hall–Kier alpha value is -3.28.